The molecular weight excluding hydrogens is 224 g/mol. The van der Waals surface area contributed by atoms with Crippen LogP contribution in [0.5, 0.6) is 0 Å². The molecule has 0 amide bonds. The second kappa shape index (κ2) is 6.37. The maximum absolute atomic E-state index is 9.58. The van der Waals surface area contributed by atoms with Gasteiger partial charge in [-0.15, -0.1) is 0 Å². The van der Waals surface area contributed by atoms with E-state index < -0.39 is 0 Å². The number of rotatable bonds is 6. The van der Waals surface area contributed by atoms with Gasteiger partial charge in [-0.1, -0.05) is 32.6 Å². The van der Waals surface area contributed by atoms with Crippen LogP contribution in [0.1, 0.15) is 57.7 Å². The van der Waals surface area contributed by atoms with Gasteiger partial charge in [-0.25, -0.2) is 0 Å². The van der Waals surface area contributed by atoms with E-state index >= 15 is 0 Å². The Morgan fingerprint density at radius 2 is 2.17 bits per heavy atom. The molecule has 2 unspecified atom stereocenters. The second-order valence-electron chi connectivity index (χ2n) is 5.74. The topological polar surface area (TPSA) is 38.0 Å². The molecular formula is C15H26N2O. The van der Waals surface area contributed by atoms with Crippen molar-refractivity contribution in [2.75, 3.05) is 6.61 Å². The molecule has 18 heavy (non-hydrogen) atoms. The minimum Gasteiger partial charge on any atom is -0.396 e. The lowest BCUT2D eigenvalue weighted by molar-refractivity contribution is 0.174. The first-order chi connectivity index (χ1) is 8.74. The van der Waals surface area contributed by atoms with Gasteiger partial charge < -0.3 is 5.11 Å². The monoisotopic (exact) mass is 250 g/mol. The first-order valence-corrected chi connectivity index (χ1v) is 7.39. The summed E-state index contributed by atoms with van der Waals surface area (Å²) in [7, 11) is 0. The van der Waals surface area contributed by atoms with Crippen LogP contribution in [0.2, 0.25) is 0 Å². The van der Waals surface area contributed by atoms with Crippen LogP contribution in [-0.2, 0) is 6.42 Å². The third-order valence-electron chi connectivity index (χ3n) is 4.48. The van der Waals surface area contributed by atoms with Gasteiger partial charge in [0.1, 0.15) is 0 Å². The SMILES string of the molecule is CCC(C)n1ccc(CC(CO)C2CCCC2)n1. The van der Waals surface area contributed by atoms with Gasteiger partial charge in [0.15, 0.2) is 0 Å². The van der Waals surface area contributed by atoms with Crippen molar-refractivity contribution in [2.45, 2.75) is 58.4 Å². The fraction of sp³-hybridized carbons (Fsp3) is 0.800. The van der Waals surface area contributed by atoms with Gasteiger partial charge in [-0.2, -0.15) is 5.10 Å². The molecule has 1 aromatic heterocycles. The molecule has 1 saturated carbocycles. The highest BCUT2D eigenvalue weighted by molar-refractivity contribution is 5.02. The molecule has 0 bridgehead atoms. The minimum atomic E-state index is 0.306. The van der Waals surface area contributed by atoms with Crippen molar-refractivity contribution >= 4 is 0 Å². The Hall–Kier alpha value is -0.830. The number of aliphatic hydroxyl groups excluding tert-OH is 1. The third kappa shape index (κ3) is 3.14. The number of aromatic nitrogens is 2. The quantitative estimate of drug-likeness (QED) is 0.842. The van der Waals surface area contributed by atoms with E-state index in [0.717, 1.165) is 18.5 Å². The van der Waals surface area contributed by atoms with Crippen LogP contribution in [-0.4, -0.2) is 21.5 Å². The van der Waals surface area contributed by atoms with E-state index in [1.807, 2.05) is 0 Å². The molecule has 0 aromatic carbocycles. The summed E-state index contributed by atoms with van der Waals surface area (Å²) < 4.78 is 2.05. The average Bonchev–Trinajstić information content (AvgIpc) is 3.05. The maximum atomic E-state index is 9.58. The Morgan fingerprint density at radius 3 is 2.78 bits per heavy atom. The molecule has 0 aliphatic heterocycles. The molecule has 1 aromatic rings. The van der Waals surface area contributed by atoms with E-state index in [2.05, 4.69) is 35.9 Å². The highest BCUT2D eigenvalue weighted by Gasteiger charge is 2.25. The second-order valence-corrected chi connectivity index (χ2v) is 5.74. The molecule has 1 aliphatic rings. The predicted molar refractivity (Wildman–Crippen MR) is 73.5 cm³/mol. The van der Waals surface area contributed by atoms with Crippen molar-refractivity contribution in [3.63, 3.8) is 0 Å². The van der Waals surface area contributed by atoms with Crippen LogP contribution in [0, 0.1) is 11.8 Å². The Bertz CT molecular complexity index is 355. The van der Waals surface area contributed by atoms with E-state index in [4.69, 9.17) is 0 Å². The predicted octanol–water partition coefficient (Wildman–Crippen LogP) is 3.20. The summed E-state index contributed by atoms with van der Waals surface area (Å²) in [5.41, 5.74) is 1.14. The zero-order valence-corrected chi connectivity index (χ0v) is 11.7. The molecule has 1 fully saturated rings. The van der Waals surface area contributed by atoms with Gasteiger partial charge in [0.2, 0.25) is 0 Å². The van der Waals surface area contributed by atoms with Gasteiger partial charge in [0.05, 0.1) is 5.69 Å². The van der Waals surface area contributed by atoms with Crippen molar-refractivity contribution < 1.29 is 5.11 Å². The number of hydrogen-bond acceptors (Lipinski definition) is 2. The molecule has 2 rings (SSSR count). The number of hydrogen-bond donors (Lipinski definition) is 1. The molecule has 3 heteroatoms. The van der Waals surface area contributed by atoms with E-state index in [0.29, 0.717) is 24.5 Å². The summed E-state index contributed by atoms with van der Waals surface area (Å²) in [4.78, 5) is 0. The van der Waals surface area contributed by atoms with Gasteiger partial charge in [0.25, 0.3) is 0 Å². The zero-order valence-electron chi connectivity index (χ0n) is 11.7. The molecule has 1 aliphatic carbocycles. The molecule has 0 saturated heterocycles. The molecule has 0 radical (unpaired) electrons. The minimum absolute atomic E-state index is 0.306. The van der Waals surface area contributed by atoms with Crippen LogP contribution in [0.4, 0.5) is 0 Å². The van der Waals surface area contributed by atoms with Crippen LogP contribution < -0.4 is 0 Å². The molecule has 3 nitrogen and oxygen atoms in total. The summed E-state index contributed by atoms with van der Waals surface area (Å²) in [6.07, 6.45) is 9.36. The largest absolute Gasteiger partial charge is 0.396 e. The summed E-state index contributed by atoms with van der Waals surface area (Å²) in [5.74, 6) is 1.12. The van der Waals surface area contributed by atoms with Gasteiger partial charge in [0, 0.05) is 18.8 Å². The van der Waals surface area contributed by atoms with E-state index in [9.17, 15) is 5.11 Å². The highest BCUT2D eigenvalue weighted by atomic mass is 16.3. The first kappa shape index (κ1) is 13.6. The summed E-state index contributed by atoms with van der Waals surface area (Å²) >= 11 is 0. The number of aliphatic hydroxyl groups is 1. The Labute approximate surface area is 110 Å². The molecule has 1 heterocycles. The van der Waals surface area contributed by atoms with Gasteiger partial charge in [-0.05, 0) is 37.7 Å². The van der Waals surface area contributed by atoms with E-state index in [1.54, 1.807) is 0 Å². The van der Waals surface area contributed by atoms with Gasteiger partial charge in [-0.3, -0.25) is 4.68 Å². The maximum Gasteiger partial charge on any atom is 0.0628 e. The lowest BCUT2D eigenvalue weighted by Crippen LogP contribution is -2.19. The normalized spacial score (nSPS) is 20.2. The molecule has 2 atom stereocenters. The average molecular weight is 250 g/mol. The van der Waals surface area contributed by atoms with Crippen molar-refractivity contribution in [3.05, 3.63) is 18.0 Å². The third-order valence-corrected chi connectivity index (χ3v) is 4.48. The van der Waals surface area contributed by atoms with Crippen LogP contribution >= 0.6 is 0 Å². The standard InChI is InChI=1S/C15H26N2O/c1-3-12(2)17-9-8-15(16-17)10-14(11-18)13-6-4-5-7-13/h8-9,12-14,18H,3-7,10-11H2,1-2H3. The van der Waals surface area contributed by atoms with E-state index in [-0.39, 0.29) is 0 Å². The Kier molecular flexibility index (Phi) is 4.81. The first-order valence-electron chi connectivity index (χ1n) is 7.39. The lowest BCUT2D eigenvalue weighted by Gasteiger charge is -2.20. The van der Waals surface area contributed by atoms with Crippen LogP contribution in [0.25, 0.3) is 0 Å². The Morgan fingerprint density at radius 1 is 1.44 bits per heavy atom. The molecule has 1 N–H and O–H groups in total. The van der Waals surface area contributed by atoms with Crippen molar-refractivity contribution in [1.82, 2.24) is 9.78 Å². The molecule has 0 spiro atoms. The van der Waals surface area contributed by atoms with Crippen molar-refractivity contribution in [1.29, 1.82) is 0 Å². The summed E-state index contributed by atoms with van der Waals surface area (Å²) in [6, 6.07) is 2.59. The summed E-state index contributed by atoms with van der Waals surface area (Å²) in [5, 5.41) is 14.2. The fourth-order valence-corrected chi connectivity index (χ4v) is 3.00. The smallest absolute Gasteiger partial charge is 0.0628 e. The summed E-state index contributed by atoms with van der Waals surface area (Å²) in [6.45, 7) is 4.68. The van der Waals surface area contributed by atoms with Gasteiger partial charge >= 0.3 is 0 Å². The van der Waals surface area contributed by atoms with Crippen LogP contribution in [0.3, 0.4) is 0 Å². The Balaban J connectivity index is 1.96. The number of nitrogens with zero attached hydrogens (tertiary/aromatic N) is 2. The molecule has 102 valence electrons. The highest BCUT2D eigenvalue weighted by Crippen LogP contribution is 2.32. The van der Waals surface area contributed by atoms with E-state index in [1.165, 1.54) is 25.7 Å². The van der Waals surface area contributed by atoms with Crippen LogP contribution in [0.15, 0.2) is 12.3 Å². The van der Waals surface area contributed by atoms with Crippen molar-refractivity contribution in [3.8, 4) is 0 Å². The van der Waals surface area contributed by atoms with Crippen molar-refractivity contribution in [2.24, 2.45) is 11.8 Å². The fourth-order valence-electron chi connectivity index (χ4n) is 3.00. The lowest BCUT2D eigenvalue weighted by atomic mass is 9.88. The zero-order chi connectivity index (χ0) is 13.0.